The van der Waals surface area contributed by atoms with Gasteiger partial charge in [0.2, 0.25) is 0 Å². The minimum Gasteiger partial charge on any atom is -0.461 e. The van der Waals surface area contributed by atoms with Crippen molar-refractivity contribution in [3.8, 4) is 11.3 Å². The highest BCUT2D eigenvalue weighted by molar-refractivity contribution is 6.09. The van der Waals surface area contributed by atoms with Crippen molar-refractivity contribution in [1.82, 2.24) is 19.6 Å². The van der Waals surface area contributed by atoms with Gasteiger partial charge in [0.05, 0.1) is 11.4 Å². The Labute approximate surface area is 231 Å². The molecule has 0 radical (unpaired) electrons. The molecule has 3 heterocycles. The third-order valence-electron chi connectivity index (χ3n) is 7.44. The molecule has 10 nitrogen and oxygen atoms in total. The first-order valence-corrected chi connectivity index (χ1v) is 13.3. The van der Waals surface area contributed by atoms with Crippen LogP contribution in [0.5, 0.6) is 0 Å². The van der Waals surface area contributed by atoms with Crippen molar-refractivity contribution >= 4 is 29.1 Å². The fourth-order valence-electron chi connectivity index (χ4n) is 5.25. The number of fused-ring (bicyclic) bond motifs is 1. The van der Waals surface area contributed by atoms with Crippen LogP contribution >= 0.6 is 0 Å². The molecule has 2 aliphatic rings. The molecular formula is C30H30N6O4. The summed E-state index contributed by atoms with van der Waals surface area (Å²) in [6.07, 6.45) is 4.93. The second kappa shape index (κ2) is 10.1. The lowest BCUT2D eigenvalue weighted by Crippen LogP contribution is -2.38. The highest BCUT2D eigenvalue weighted by atomic mass is 16.5. The van der Waals surface area contributed by atoms with E-state index in [1.54, 1.807) is 42.0 Å². The van der Waals surface area contributed by atoms with E-state index in [0.717, 1.165) is 12.0 Å². The average Bonchev–Trinajstić information content (AvgIpc) is 3.71. The third kappa shape index (κ3) is 4.88. The number of hydrogen-bond acceptors (Lipinski definition) is 7. The summed E-state index contributed by atoms with van der Waals surface area (Å²) in [5, 5.41) is 11.9. The quantitative estimate of drug-likeness (QED) is 0.353. The van der Waals surface area contributed by atoms with Crippen LogP contribution in [-0.4, -0.2) is 38.0 Å². The summed E-state index contributed by atoms with van der Waals surface area (Å²) < 4.78 is 8.34. The zero-order chi connectivity index (χ0) is 28.0. The maximum absolute atomic E-state index is 13.7. The predicted molar refractivity (Wildman–Crippen MR) is 151 cm³/mol. The molecule has 2 aromatic heterocycles. The van der Waals surface area contributed by atoms with Gasteiger partial charge >= 0.3 is 5.97 Å². The van der Waals surface area contributed by atoms with Crippen molar-refractivity contribution in [2.75, 3.05) is 16.8 Å². The van der Waals surface area contributed by atoms with E-state index in [0.29, 0.717) is 52.0 Å². The van der Waals surface area contributed by atoms with E-state index in [2.05, 4.69) is 27.6 Å². The molecule has 40 heavy (non-hydrogen) atoms. The molecule has 1 fully saturated rings. The molecule has 1 amide bonds. The van der Waals surface area contributed by atoms with Crippen molar-refractivity contribution in [1.29, 1.82) is 0 Å². The van der Waals surface area contributed by atoms with E-state index in [1.165, 1.54) is 30.0 Å². The first-order chi connectivity index (χ1) is 19.3. The minimum atomic E-state index is -0.436. The molecule has 10 heteroatoms. The van der Waals surface area contributed by atoms with E-state index in [1.807, 2.05) is 24.3 Å². The van der Waals surface area contributed by atoms with Crippen molar-refractivity contribution < 1.29 is 14.3 Å². The second-order valence-corrected chi connectivity index (χ2v) is 10.4. The molecule has 1 aliphatic carbocycles. The van der Waals surface area contributed by atoms with Crippen LogP contribution in [-0.2, 0) is 36.7 Å². The number of nitrogens with zero attached hydrogens (tertiary/aromatic N) is 5. The van der Waals surface area contributed by atoms with Crippen molar-refractivity contribution in [3.05, 3.63) is 87.3 Å². The summed E-state index contributed by atoms with van der Waals surface area (Å²) in [6.45, 7) is 1.80. The van der Waals surface area contributed by atoms with Gasteiger partial charge in [0.1, 0.15) is 12.3 Å². The molecule has 1 N–H and O–H groups in total. The number of aryl methyl sites for hydroxylation is 2. The Morgan fingerprint density at radius 1 is 1.05 bits per heavy atom. The summed E-state index contributed by atoms with van der Waals surface area (Å²) in [6, 6.07) is 15.2. The summed E-state index contributed by atoms with van der Waals surface area (Å²) in [4.78, 5) is 40.2. The average molecular weight is 539 g/mol. The number of aromatic nitrogens is 4. The first kappa shape index (κ1) is 25.5. The number of rotatable bonds is 7. The highest BCUT2D eigenvalue weighted by Gasteiger charge is 2.31. The fraction of sp³-hybridized carbons (Fsp3) is 0.300. The Morgan fingerprint density at radius 2 is 1.88 bits per heavy atom. The fourth-order valence-corrected chi connectivity index (χ4v) is 5.25. The van der Waals surface area contributed by atoms with Crippen LogP contribution in [0.15, 0.2) is 59.5 Å². The molecule has 0 spiro atoms. The van der Waals surface area contributed by atoms with Crippen LogP contribution in [0.1, 0.15) is 52.7 Å². The molecule has 204 valence electrons. The number of amides is 1. The van der Waals surface area contributed by atoms with Gasteiger partial charge in [-0.2, -0.15) is 10.2 Å². The molecule has 0 saturated heterocycles. The van der Waals surface area contributed by atoms with Crippen LogP contribution in [0.25, 0.3) is 11.3 Å². The van der Waals surface area contributed by atoms with Gasteiger partial charge in [-0.15, -0.1) is 0 Å². The summed E-state index contributed by atoms with van der Waals surface area (Å²) in [7, 11) is 3.37. The number of hydrogen-bond donors (Lipinski definition) is 1. The van der Waals surface area contributed by atoms with Crippen LogP contribution in [0.3, 0.4) is 0 Å². The van der Waals surface area contributed by atoms with Crippen molar-refractivity contribution in [3.63, 3.8) is 0 Å². The number of anilines is 3. The molecule has 4 aromatic rings. The molecule has 1 aliphatic heterocycles. The number of carbonyl (C=O) groups excluding carboxylic acids is 2. The normalized spacial score (nSPS) is 14.7. The molecule has 0 atom stereocenters. The van der Waals surface area contributed by atoms with Crippen molar-refractivity contribution in [2.45, 2.75) is 38.7 Å². The Bertz CT molecular complexity index is 1700. The van der Waals surface area contributed by atoms with Gasteiger partial charge in [-0.05, 0) is 54.5 Å². The third-order valence-corrected chi connectivity index (χ3v) is 7.44. The van der Waals surface area contributed by atoms with Crippen molar-refractivity contribution in [2.24, 2.45) is 14.1 Å². The van der Waals surface area contributed by atoms with Gasteiger partial charge in [0, 0.05) is 56.5 Å². The van der Waals surface area contributed by atoms with Crippen LogP contribution < -0.4 is 15.8 Å². The zero-order valence-corrected chi connectivity index (χ0v) is 22.7. The topological polar surface area (TPSA) is 111 Å². The number of benzene rings is 2. The van der Waals surface area contributed by atoms with Gasteiger partial charge in [0.15, 0.2) is 5.82 Å². The molecule has 0 unspecified atom stereocenters. The van der Waals surface area contributed by atoms with E-state index in [9.17, 15) is 14.4 Å². The largest absolute Gasteiger partial charge is 0.461 e. The number of nitrogens with one attached hydrogen (secondary N) is 1. The smallest absolute Gasteiger partial charge is 0.302 e. The van der Waals surface area contributed by atoms with E-state index in [4.69, 9.17) is 4.74 Å². The lowest BCUT2D eigenvalue weighted by molar-refractivity contribution is -0.142. The molecule has 0 bridgehead atoms. The standard InChI is InChI=1S/C30H30N6O4/c1-18(37)40-17-24-23(25-16-26(30(39)35(3)32-25)31-28-12-13-34(2)33-28)5-4-6-27(24)36-14-11-21-15-20(19-7-8-19)9-10-22(21)29(36)38/h4-6,9-10,12-13,15-16,19H,7-8,11,14,17H2,1-3H3,(H,31,33). The minimum absolute atomic E-state index is 0.0500. The van der Waals surface area contributed by atoms with Crippen LogP contribution in [0.4, 0.5) is 17.2 Å². The van der Waals surface area contributed by atoms with Crippen LogP contribution in [0.2, 0.25) is 0 Å². The van der Waals surface area contributed by atoms with Gasteiger partial charge in [-0.1, -0.05) is 24.3 Å². The second-order valence-electron chi connectivity index (χ2n) is 10.4. The summed E-state index contributed by atoms with van der Waals surface area (Å²) in [5.74, 6) is 0.621. The first-order valence-electron chi connectivity index (χ1n) is 13.3. The highest BCUT2D eigenvalue weighted by Crippen LogP contribution is 2.41. The molecule has 6 rings (SSSR count). The van der Waals surface area contributed by atoms with Crippen LogP contribution in [0, 0.1) is 0 Å². The van der Waals surface area contributed by atoms with Gasteiger partial charge in [-0.3, -0.25) is 19.1 Å². The molecule has 2 aromatic carbocycles. The number of esters is 1. The SMILES string of the molecule is CC(=O)OCc1c(-c2cc(Nc3ccn(C)n3)c(=O)n(C)n2)cccc1N1CCc2cc(C3CC3)ccc2C1=O. The predicted octanol–water partition coefficient (Wildman–Crippen LogP) is 4.07. The Hall–Kier alpha value is -4.73. The lowest BCUT2D eigenvalue weighted by atomic mass is 9.93. The summed E-state index contributed by atoms with van der Waals surface area (Å²) >= 11 is 0. The van der Waals surface area contributed by atoms with Gasteiger partial charge < -0.3 is 15.0 Å². The summed E-state index contributed by atoms with van der Waals surface area (Å²) in [5.41, 5.74) is 5.49. The Balaban J connectivity index is 1.41. The Morgan fingerprint density at radius 3 is 2.60 bits per heavy atom. The zero-order valence-electron chi connectivity index (χ0n) is 22.7. The van der Waals surface area contributed by atoms with E-state index < -0.39 is 5.97 Å². The number of carbonyl (C=O) groups is 2. The van der Waals surface area contributed by atoms with E-state index in [-0.39, 0.29) is 18.1 Å². The van der Waals surface area contributed by atoms with Gasteiger partial charge in [-0.25, -0.2) is 4.68 Å². The molecule has 1 saturated carbocycles. The van der Waals surface area contributed by atoms with Gasteiger partial charge in [0.25, 0.3) is 11.5 Å². The number of ether oxygens (including phenoxy) is 1. The Kier molecular flexibility index (Phi) is 6.45. The maximum Gasteiger partial charge on any atom is 0.302 e. The lowest BCUT2D eigenvalue weighted by Gasteiger charge is -2.31. The van der Waals surface area contributed by atoms with E-state index >= 15 is 0 Å². The monoisotopic (exact) mass is 538 g/mol. The molecular weight excluding hydrogens is 508 g/mol. The maximum atomic E-state index is 13.7.